The molecule has 0 aromatic heterocycles. The summed E-state index contributed by atoms with van der Waals surface area (Å²) in [7, 11) is -0.934. The maximum Gasteiger partial charge on any atom is 0.491 e. The first-order valence-corrected chi connectivity index (χ1v) is 6.79. The molecule has 0 saturated heterocycles. The summed E-state index contributed by atoms with van der Waals surface area (Å²) in [5.74, 6) is -0.449. The molecule has 3 nitrogen and oxygen atoms in total. The third kappa shape index (κ3) is 2.75. The molecule has 1 aliphatic rings. The second-order valence-electron chi connectivity index (χ2n) is 5.20. The monoisotopic (exact) mass is 284 g/mol. The van der Waals surface area contributed by atoms with Gasteiger partial charge in [-0.1, -0.05) is 18.2 Å². The van der Waals surface area contributed by atoms with Gasteiger partial charge in [-0.15, -0.1) is 0 Å². The molecule has 21 heavy (non-hydrogen) atoms. The number of benzene rings is 2. The molecule has 0 fully saturated rings. The van der Waals surface area contributed by atoms with Crippen LogP contribution in [0.1, 0.15) is 34.5 Å². The number of Topliss-reactive ketones (excluding diaryl/α,β-unsaturated/α-hetero) is 1. The van der Waals surface area contributed by atoms with Gasteiger partial charge in [0.25, 0.3) is 0 Å². The molecule has 0 aliphatic carbocycles. The molecule has 3 rings (SSSR count). The molecular weight excluding hydrogens is 270 g/mol. The molecule has 0 saturated carbocycles. The molecule has 2 aromatic carbocycles. The molecule has 1 N–H and O–H groups in total. The van der Waals surface area contributed by atoms with E-state index in [2.05, 4.69) is 0 Å². The van der Waals surface area contributed by atoms with Crippen LogP contribution in [-0.2, 0) is 11.1 Å². The van der Waals surface area contributed by atoms with E-state index in [1.807, 2.05) is 19.1 Å². The van der Waals surface area contributed by atoms with Gasteiger partial charge >= 0.3 is 7.12 Å². The van der Waals surface area contributed by atoms with Crippen LogP contribution >= 0.6 is 0 Å². The molecule has 1 atom stereocenters. The molecule has 1 heterocycles. The van der Waals surface area contributed by atoms with Gasteiger partial charge in [-0.25, -0.2) is 4.39 Å². The minimum atomic E-state index is -0.934. The largest absolute Gasteiger partial charge is 0.491 e. The molecule has 0 bridgehead atoms. The van der Waals surface area contributed by atoms with E-state index in [1.165, 1.54) is 24.3 Å². The van der Waals surface area contributed by atoms with Crippen LogP contribution in [0.4, 0.5) is 4.39 Å². The zero-order chi connectivity index (χ0) is 15.0. The fraction of sp³-hybridized carbons (Fsp3) is 0.188. The van der Waals surface area contributed by atoms with Crippen molar-refractivity contribution in [2.24, 2.45) is 0 Å². The van der Waals surface area contributed by atoms with Gasteiger partial charge in [-0.2, -0.15) is 0 Å². The number of rotatable bonds is 3. The highest BCUT2D eigenvalue weighted by Gasteiger charge is 2.32. The first kappa shape index (κ1) is 14.0. The molecule has 106 valence electrons. The second kappa shape index (κ2) is 5.43. The average molecular weight is 284 g/mol. The first-order valence-electron chi connectivity index (χ1n) is 6.79. The maximum atomic E-state index is 12.9. The van der Waals surface area contributed by atoms with Gasteiger partial charge in [-0.3, -0.25) is 4.79 Å². The number of halogens is 1. The van der Waals surface area contributed by atoms with Crippen LogP contribution in [0.2, 0.25) is 0 Å². The fourth-order valence-corrected chi connectivity index (χ4v) is 2.58. The number of ketones is 1. The van der Waals surface area contributed by atoms with Gasteiger partial charge in [0.05, 0.1) is 6.10 Å². The normalized spacial score (nSPS) is 16.9. The van der Waals surface area contributed by atoms with Crippen LogP contribution in [0.3, 0.4) is 0 Å². The van der Waals surface area contributed by atoms with Crippen LogP contribution in [0, 0.1) is 5.82 Å². The Morgan fingerprint density at radius 1 is 1.29 bits per heavy atom. The SMILES string of the molecule is CC1OB(O)c2cc(CC(=O)c3ccc(F)cc3)ccc21. The number of carbonyl (C=O) groups excluding carboxylic acids is 1. The van der Waals surface area contributed by atoms with E-state index in [-0.39, 0.29) is 24.1 Å². The number of hydrogen-bond donors (Lipinski definition) is 1. The van der Waals surface area contributed by atoms with Gasteiger partial charge in [-0.05, 0) is 47.8 Å². The molecule has 5 heteroatoms. The van der Waals surface area contributed by atoms with E-state index in [0.29, 0.717) is 11.0 Å². The summed E-state index contributed by atoms with van der Waals surface area (Å²) in [5.41, 5.74) is 2.94. The third-order valence-corrected chi connectivity index (χ3v) is 3.72. The molecule has 0 radical (unpaired) electrons. The second-order valence-corrected chi connectivity index (χ2v) is 5.20. The predicted molar refractivity (Wildman–Crippen MR) is 78.0 cm³/mol. The van der Waals surface area contributed by atoms with Crippen molar-refractivity contribution < 1.29 is 18.9 Å². The van der Waals surface area contributed by atoms with Crippen molar-refractivity contribution in [2.45, 2.75) is 19.4 Å². The van der Waals surface area contributed by atoms with Gasteiger partial charge in [0, 0.05) is 12.0 Å². The molecule has 0 amide bonds. The Hall–Kier alpha value is -1.98. The van der Waals surface area contributed by atoms with Crippen LogP contribution < -0.4 is 5.46 Å². The summed E-state index contributed by atoms with van der Waals surface area (Å²) >= 11 is 0. The summed E-state index contributed by atoms with van der Waals surface area (Å²) in [4.78, 5) is 12.2. The van der Waals surface area contributed by atoms with Crippen LogP contribution in [0.25, 0.3) is 0 Å². The highest BCUT2D eigenvalue weighted by Crippen LogP contribution is 2.23. The van der Waals surface area contributed by atoms with E-state index in [0.717, 1.165) is 11.1 Å². The highest BCUT2D eigenvalue weighted by atomic mass is 19.1. The summed E-state index contributed by atoms with van der Waals surface area (Å²) in [6.07, 6.45) is 0.0665. The fourth-order valence-electron chi connectivity index (χ4n) is 2.58. The minimum Gasteiger partial charge on any atom is -0.423 e. The summed E-state index contributed by atoms with van der Waals surface area (Å²) in [6, 6.07) is 11.0. The molecule has 0 spiro atoms. The van der Waals surface area contributed by atoms with Crippen molar-refractivity contribution in [1.82, 2.24) is 0 Å². The Kier molecular flexibility index (Phi) is 3.61. The first-order chi connectivity index (χ1) is 10.0. The smallest absolute Gasteiger partial charge is 0.423 e. The van der Waals surface area contributed by atoms with Crippen molar-refractivity contribution in [3.63, 3.8) is 0 Å². The van der Waals surface area contributed by atoms with E-state index < -0.39 is 7.12 Å². The molecule has 1 unspecified atom stereocenters. The Balaban J connectivity index is 1.81. The van der Waals surface area contributed by atoms with Crippen molar-refractivity contribution in [3.05, 3.63) is 65.0 Å². The van der Waals surface area contributed by atoms with Gasteiger partial charge in [0.2, 0.25) is 0 Å². The zero-order valence-electron chi connectivity index (χ0n) is 11.5. The van der Waals surface area contributed by atoms with Crippen LogP contribution in [-0.4, -0.2) is 17.9 Å². The number of fused-ring (bicyclic) bond motifs is 1. The molecule has 1 aliphatic heterocycles. The van der Waals surface area contributed by atoms with E-state index in [4.69, 9.17) is 4.65 Å². The standard InChI is InChI=1S/C16H14BFO3/c1-10-14-7-2-11(8-15(14)17(20)21-10)9-16(19)12-3-5-13(18)6-4-12/h2-8,10,20H,9H2,1H3. The van der Waals surface area contributed by atoms with Crippen LogP contribution in [0.5, 0.6) is 0 Å². The Bertz CT molecular complexity index is 684. The molecule has 2 aromatic rings. The van der Waals surface area contributed by atoms with Gasteiger partial charge < -0.3 is 9.68 Å². The van der Waals surface area contributed by atoms with E-state index >= 15 is 0 Å². The molecular formula is C16H14BFO3. The average Bonchev–Trinajstić information content (AvgIpc) is 2.74. The van der Waals surface area contributed by atoms with Crippen molar-refractivity contribution in [3.8, 4) is 0 Å². The summed E-state index contributed by atoms with van der Waals surface area (Å²) in [6.45, 7) is 1.87. The van der Waals surface area contributed by atoms with Crippen LogP contribution in [0.15, 0.2) is 42.5 Å². The maximum absolute atomic E-state index is 12.9. The van der Waals surface area contributed by atoms with Crippen molar-refractivity contribution >= 4 is 18.4 Å². The third-order valence-electron chi connectivity index (χ3n) is 3.72. The summed E-state index contributed by atoms with van der Waals surface area (Å²) in [5, 5.41) is 9.81. The zero-order valence-corrected chi connectivity index (χ0v) is 11.5. The Morgan fingerprint density at radius 3 is 2.71 bits per heavy atom. The Labute approximate surface area is 122 Å². The summed E-state index contributed by atoms with van der Waals surface area (Å²) < 4.78 is 18.2. The quantitative estimate of drug-likeness (QED) is 0.693. The Morgan fingerprint density at radius 2 is 2.00 bits per heavy atom. The lowest BCUT2D eigenvalue weighted by Crippen LogP contribution is -2.28. The lowest BCUT2D eigenvalue weighted by Gasteiger charge is -2.06. The predicted octanol–water partition coefficient (Wildman–Crippen LogP) is 2.03. The van der Waals surface area contributed by atoms with Crippen molar-refractivity contribution in [2.75, 3.05) is 0 Å². The van der Waals surface area contributed by atoms with E-state index in [1.54, 1.807) is 6.07 Å². The van der Waals surface area contributed by atoms with Gasteiger partial charge in [0.1, 0.15) is 5.82 Å². The topological polar surface area (TPSA) is 46.5 Å². The minimum absolute atomic E-state index is 0.0867. The highest BCUT2D eigenvalue weighted by molar-refractivity contribution is 6.61. The van der Waals surface area contributed by atoms with E-state index in [9.17, 15) is 14.2 Å². The van der Waals surface area contributed by atoms with Gasteiger partial charge in [0.15, 0.2) is 5.78 Å². The lowest BCUT2D eigenvalue weighted by atomic mass is 9.78. The number of carbonyl (C=O) groups is 1. The number of hydrogen-bond acceptors (Lipinski definition) is 3. The van der Waals surface area contributed by atoms with Crippen molar-refractivity contribution in [1.29, 1.82) is 0 Å². The lowest BCUT2D eigenvalue weighted by molar-refractivity contribution is 0.0993.